The fraction of sp³-hybridized carbons (Fsp3) is 0.556. The van der Waals surface area contributed by atoms with Crippen LogP contribution in [0.15, 0.2) is 29.4 Å². The Labute approximate surface area is 134 Å². The Kier molecular flexibility index (Phi) is 5.75. The number of hydrogen-bond donors (Lipinski definition) is 1. The molecule has 0 heterocycles. The second-order valence-electron chi connectivity index (χ2n) is 7.55. The molecule has 0 fully saturated rings. The van der Waals surface area contributed by atoms with Crippen LogP contribution in [-0.4, -0.2) is 18.2 Å². The summed E-state index contributed by atoms with van der Waals surface area (Å²) in [4.78, 5) is 11.7. The molecule has 0 saturated heterocycles. The van der Waals surface area contributed by atoms with E-state index in [4.69, 9.17) is 4.74 Å². The Morgan fingerprint density at radius 3 is 2.09 bits per heavy atom. The monoisotopic (exact) mass is 304 g/mol. The third-order valence-electron chi connectivity index (χ3n) is 3.52. The van der Waals surface area contributed by atoms with Crippen LogP contribution in [0.3, 0.4) is 0 Å². The van der Waals surface area contributed by atoms with Crippen molar-refractivity contribution in [3.8, 4) is 5.75 Å². The second-order valence-corrected chi connectivity index (χ2v) is 7.55. The summed E-state index contributed by atoms with van der Waals surface area (Å²) in [6, 6.07) is 7.82. The Morgan fingerprint density at radius 1 is 1.09 bits per heavy atom. The number of benzene rings is 1. The number of ether oxygens (including phenoxy) is 1. The summed E-state index contributed by atoms with van der Waals surface area (Å²) < 4.78 is 5.47. The molecule has 22 heavy (non-hydrogen) atoms. The topological polar surface area (TPSA) is 50.7 Å². The zero-order valence-electron chi connectivity index (χ0n) is 14.8. The summed E-state index contributed by atoms with van der Waals surface area (Å²) in [6.45, 7) is 14.5. The minimum atomic E-state index is -0.261. The maximum Gasteiger partial charge on any atom is 0.277 e. The zero-order valence-corrected chi connectivity index (χ0v) is 14.8. The van der Waals surface area contributed by atoms with Crippen LogP contribution < -0.4 is 10.2 Å². The van der Waals surface area contributed by atoms with Crippen LogP contribution in [0.2, 0.25) is 0 Å². The Morgan fingerprint density at radius 2 is 1.64 bits per heavy atom. The van der Waals surface area contributed by atoms with Crippen LogP contribution >= 0.6 is 0 Å². The first-order valence-corrected chi connectivity index (χ1v) is 7.57. The molecule has 1 amide bonds. The molecule has 1 aromatic carbocycles. The van der Waals surface area contributed by atoms with Crippen molar-refractivity contribution >= 4 is 11.6 Å². The predicted octanol–water partition coefficient (Wildman–Crippen LogP) is 3.90. The van der Waals surface area contributed by atoms with Crippen molar-refractivity contribution in [1.29, 1.82) is 0 Å². The van der Waals surface area contributed by atoms with E-state index in [0.29, 0.717) is 5.75 Å². The number of hydrogen-bond acceptors (Lipinski definition) is 3. The summed E-state index contributed by atoms with van der Waals surface area (Å²) in [6.07, 6.45) is 0. The molecular weight excluding hydrogens is 276 g/mol. The van der Waals surface area contributed by atoms with E-state index in [0.717, 1.165) is 5.71 Å². The molecule has 1 N–H and O–H groups in total. The molecule has 0 aliphatic carbocycles. The molecular formula is C18H28N2O2. The lowest BCUT2D eigenvalue weighted by atomic mass is 9.87. The molecule has 1 rings (SSSR count). The van der Waals surface area contributed by atoms with Gasteiger partial charge in [-0.2, -0.15) is 5.10 Å². The van der Waals surface area contributed by atoms with Crippen LogP contribution in [-0.2, 0) is 10.2 Å². The first kappa shape index (κ1) is 18.2. The van der Waals surface area contributed by atoms with Crippen molar-refractivity contribution in [3.63, 3.8) is 0 Å². The van der Waals surface area contributed by atoms with Gasteiger partial charge in [0.15, 0.2) is 6.61 Å². The molecule has 0 saturated carbocycles. The van der Waals surface area contributed by atoms with Crippen LogP contribution in [0.1, 0.15) is 54.0 Å². The third-order valence-corrected chi connectivity index (χ3v) is 3.52. The van der Waals surface area contributed by atoms with Crippen molar-refractivity contribution in [2.24, 2.45) is 10.5 Å². The van der Waals surface area contributed by atoms with E-state index in [-0.39, 0.29) is 23.3 Å². The smallest absolute Gasteiger partial charge is 0.277 e. The van der Waals surface area contributed by atoms with Gasteiger partial charge >= 0.3 is 0 Å². The van der Waals surface area contributed by atoms with E-state index in [1.165, 1.54) is 5.56 Å². The molecule has 0 aliphatic heterocycles. The molecule has 4 heteroatoms. The highest BCUT2D eigenvalue weighted by molar-refractivity contribution is 5.88. The fourth-order valence-electron chi connectivity index (χ4n) is 1.55. The summed E-state index contributed by atoms with van der Waals surface area (Å²) in [5, 5.41) is 4.09. The summed E-state index contributed by atoms with van der Waals surface area (Å²) in [7, 11) is 0. The maximum absolute atomic E-state index is 11.7. The fourth-order valence-corrected chi connectivity index (χ4v) is 1.55. The number of carbonyl (C=O) groups is 1. The number of nitrogens with zero attached hydrogens (tertiary/aromatic N) is 1. The quantitative estimate of drug-likeness (QED) is 0.677. The SMILES string of the molecule is C/C(=N\NC(=O)COc1ccc(C(C)(C)C)cc1)C(C)(C)C. The van der Waals surface area contributed by atoms with Gasteiger partial charge in [-0.3, -0.25) is 4.79 Å². The Balaban J connectivity index is 2.51. The number of amides is 1. The minimum Gasteiger partial charge on any atom is -0.484 e. The van der Waals surface area contributed by atoms with Gasteiger partial charge in [-0.25, -0.2) is 5.43 Å². The molecule has 0 bridgehead atoms. The van der Waals surface area contributed by atoms with Gasteiger partial charge in [-0.1, -0.05) is 53.7 Å². The summed E-state index contributed by atoms with van der Waals surface area (Å²) >= 11 is 0. The van der Waals surface area contributed by atoms with Crippen molar-refractivity contribution in [3.05, 3.63) is 29.8 Å². The molecule has 4 nitrogen and oxygen atoms in total. The van der Waals surface area contributed by atoms with E-state index in [9.17, 15) is 4.79 Å². The third kappa shape index (κ3) is 5.88. The van der Waals surface area contributed by atoms with Crippen LogP contribution in [0.4, 0.5) is 0 Å². The van der Waals surface area contributed by atoms with Gasteiger partial charge in [-0.05, 0) is 30.0 Å². The lowest BCUT2D eigenvalue weighted by molar-refractivity contribution is -0.123. The summed E-state index contributed by atoms with van der Waals surface area (Å²) in [5.74, 6) is 0.420. The molecule has 0 radical (unpaired) electrons. The standard InChI is InChI=1S/C18H28N2O2/c1-13(17(2,3)4)19-20-16(21)12-22-15-10-8-14(9-11-15)18(5,6)7/h8-11H,12H2,1-7H3,(H,20,21)/b19-13+. The second kappa shape index (κ2) is 6.95. The van der Waals surface area contributed by atoms with Gasteiger partial charge in [0.25, 0.3) is 5.91 Å². The van der Waals surface area contributed by atoms with Gasteiger partial charge in [0.1, 0.15) is 5.75 Å². The highest BCUT2D eigenvalue weighted by atomic mass is 16.5. The minimum absolute atomic E-state index is 0.0458. The number of carbonyl (C=O) groups excluding carboxylic acids is 1. The molecule has 0 aliphatic rings. The summed E-state index contributed by atoms with van der Waals surface area (Å²) in [5.41, 5.74) is 4.67. The van der Waals surface area contributed by atoms with Crippen molar-refractivity contribution < 1.29 is 9.53 Å². The molecule has 122 valence electrons. The van der Waals surface area contributed by atoms with E-state index >= 15 is 0 Å². The Hall–Kier alpha value is -1.84. The normalized spacial score (nSPS) is 13.0. The van der Waals surface area contributed by atoms with E-state index in [1.54, 1.807) is 0 Å². The van der Waals surface area contributed by atoms with Crippen molar-refractivity contribution in [2.75, 3.05) is 6.61 Å². The van der Waals surface area contributed by atoms with Gasteiger partial charge in [0.05, 0.1) is 0 Å². The molecule has 0 aromatic heterocycles. The van der Waals surface area contributed by atoms with Gasteiger partial charge in [0, 0.05) is 11.1 Å². The number of rotatable bonds is 4. The molecule has 0 spiro atoms. The zero-order chi connectivity index (χ0) is 17.0. The maximum atomic E-state index is 11.7. The number of nitrogens with one attached hydrogen (secondary N) is 1. The first-order chi connectivity index (χ1) is 10.00. The first-order valence-electron chi connectivity index (χ1n) is 7.57. The highest BCUT2D eigenvalue weighted by Crippen LogP contribution is 2.24. The van der Waals surface area contributed by atoms with E-state index < -0.39 is 0 Å². The predicted molar refractivity (Wildman–Crippen MR) is 91.3 cm³/mol. The highest BCUT2D eigenvalue weighted by Gasteiger charge is 2.15. The van der Waals surface area contributed by atoms with Crippen molar-refractivity contribution in [1.82, 2.24) is 5.43 Å². The van der Waals surface area contributed by atoms with E-state index in [1.807, 2.05) is 52.0 Å². The van der Waals surface area contributed by atoms with Crippen LogP contribution in [0.5, 0.6) is 5.75 Å². The van der Waals surface area contributed by atoms with Gasteiger partial charge in [0.2, 0.25) is 0 Å². The Bertz CT molecular complexity index is 532. The lowest BCUT2D eigenvalue weighted by Gasteiger charge is -2.19. The van der Waals surface area contributed by atoms with Crippen LogP contribution in [0.25, 0.3) is 0 Å². The largest absolute Gasteiger partial charge is 0.484 e. The molecule has 1 aromatic rings. The van der Waals surface area contributed by atoms with Crippen LogP contribution in [0, 0.1) is 5.41 Å². The number of hydrazone groups is 1. The lowest BCUT2D eigenvalue weighted by Crippen LogP contribution is -2.28. The molecule has 0 unspecified atom stereocenters. The average molecular weight is 304 g/mol. The average Bonchev–Trinajstić information content (AvgIpc) is 2.40. The van der Waals surface area contributed by atoms with Gasteiger partial charge in [-0.15, -0.1) is 0 Å². The van der Waals surface area contributed by atoms with Gasteiger partial charge < -0.3 is 4.74 Å². The molecule has 0 atom stereocenters. The van der Waals surface area contributed by atoms with E-state index in [2.05, 4.69) is 31.3 Å². The van der Waals surface area contributed by atoms with Crippen molar-refractivity contribution in [2.45, 2.75) is 53.9 Å².